The molecule has 2 aromatic carbocycles. The Balaban J connectivity index is 1.78. The molecule has 3 rings (SSSR count). The van der Waals surface area contributed by atoms with Crippen LogP contribution in [0.15, 0.2) is 47.8 Å². The molecule has 31 heavy (non-hydrogen) atoms. The molecule has 1 heterocycles. The van der Waals surface area contributed by atoms with Crippen molar-refractivity contribution in [3.05, 3.63) is 74.2 Å². The van der Waals surface area contributed by atoms with Gasteiger partial charge >= 0.3 is 5.97 Å². The molecule has 9 nitrogen and oxygen atoms in total. The molecule has 0 aliphatic heterocycles. The Labute approximate surface area is 185 Å². The van der Waals surface area contributed by atoms with Crippen LogP contribution >= 0.6 is 22.9 Å². The monoisotopic (exact) mass is 461 g/mol. The summed E-state index contributed by atoms with van der Waals surface area (Å²) in [5.74, 6) is -0.594. The third-order valence-electron chi connectivity index (χ3n) is 4.10. The summed E-state index contributed by atoms with van der Waals surface area (Å²) in [6, 6.07) is 10.5. The van der Waals surface area contributed by atoms with Gasteiger partial charge in [-0.25, -0.2) is 9.78 Å². The van der Waals surface area contributed by atoms with Crippen molar-refractivity contribution < 1.29 is 24.0 Å². The van der Waals surface area contributed by atoms with Gasteiger partial charge in [-0.1, -0.05) is 23.7 Å². The fourth-order valence-corrected chi connectivity index (χ4v) is 3.75. The van der Waals surface area contributed by atoms with Crippen LogP contribution in [0.4, 0.5) is 16.5 Å². The summed E-state index contributed by atoms with van der Waals surface area (Å²) in [4.78, 5) is 40.7. The first-order valence-corrected chi connectivity index (χ1v) is 10.1. The number of halogens is 1. The van der Waals surface area contributed by atoms with Crippen LogP contribution in [-0.4, -0.2) is 28.9 Å². The second-order valence-corrected chi connectivity index (χ2v) is 7.39. The predicted molar refractivity (Wildman–Crippen MR) is 115 cm³/mol. The van der Waals surface area contributed by atoms with Gasteiger partial charge in [0.05, 0.1) is 34.0 Å². The van der Waals surface area contributed by atoms with Crippen molar-refractivity contribution in [1.29, 1.82) is 0 Å². The van der Waals surface area contributed by atoms with Gasteiger partial charge < -0.3 is 9.47 Å². The molecule has 0 aliphatic rings. The van der Waals surface area contributed by atoms with Crippen LogP contribution in [0.3, 0.4) is 0 Å². The van der Waals surface area contributed by atoms with E-state index in [0.717, 1.165) is 6.07 Å². The molecular formula is C20H16ClN3O6S. The maximum atomic E-state index is 12.3. The average Bonchev–Trinajstić information content (AvgIpc) is 3.20. The fraction of sp³-hybridized carbons (Fsp3) is 0.150. The Hall–Kier alpha value is -3.50. The number of nitro benzene ring substituents is 1. The molecule has 0 unspecified atom stereocenters. The summed E-state index contributed by atoms with van der Waals surface area (Å²) in [5.41, 5.74) is 0.529. The molecule has 0 fully saturated rings. The third-order valence-corrected chi connectivity index (χ3v) is 5.31. The second kappa shape index (κ2) is 9.54. The Morgan fingerprint density at radius 3 is 2.68 bits per heavy atom. The standard InChI is InChI=1S/C20H16ClN3O6S/c1-12(25)23(17-5-3-4-6-18(17)29-2)20-22-13(11-31-20)10-30-19(26)15-9-14(24(27)28)7-8-16(15)21/h3-9,11H,10H2,1-2H3. The number of methoxy groups -OCH3 is 1. The normalized spacial score (nSPS) is 10.4. The average molecular weight is 462 g/mol. The highest BCUT2D eigenvalue weighted by Gasteiger charge is 2.22. The van der Waals surface area contributed by atoms with E-state index in [0.29, 0.717) is 22.3 Å². The first-order chi connectivity index (χ1) is 14.8. The topological polar surface area (TPSA) is 112 Å². The minimum absolute atomic E-state index is 0.0356. The van der Waals surface area contributed by atoms with Gasteiger partial charge in [0.2, 0.25) is 5.91 Å². The van der Waals surface area contributed by atoms with Crippen molar-refractivity contribution in [2.75, 3.05) is 12.0 Å². The van der Waals surface area contributed by atoms with E-state index in [1.807, 2.05) is 0 Å². The number of benzene rings is 2. The second-order valence-electron chi connectivity index (χ2n) is 6.15. The summed E-state index contributed by atoms with van der Waals surface area (Å²) in [6.07, 6.45) is 0. The zero-order valence-electron chi connectivity index (χ0n) is 16.4. The largest absolute Gasteiger partial charge is 0.495 e. The van der Waals surface area contributed by atoms with Gasteiger partial charge in [0.1, 0.15) is 12.4 Å². The number of esters is 1. The summed E-state index contributed by atoms with van der Waals surface area (Å²) in [7, 11) is 1.50. The predicted octanol–water partition coefficient (Wildman–Crippen LogP) is 4.75. The van der Waals surface area contributed by atoms with Crippen LogP contribution in [0.25, 0.3) is 0 Å². The molecule has 0 bridgehead atoms. The minimum Gasteiger partial charge on any atom is -0.495 e. The first kappa shape index (κ1) is 22.2. The summed E-state index contributed by atoms with van der Waals surface area (Å²) >= 11 is 7.15. The molecule has 0 N–H and O–H groups in total. The van der Waals surface area contributed by atoms with Gasteiger partial charge in [-0.3, -0.25) is 19.8 Å². The number of hydrogen-bond donors (Lipinski definition) is 0. The van der Waals surface area contributed by atoms with E-state index in [9.17, 15) is 19.7 Å². The number of ether oxygens (including phenoxy) is 2. The van der Waals surface area contributed by atoms with Crippen molar-refractivity contribution >= 4 is 51.3 Å². The number of carbonyl (C=O) groups is 2. The Kier molecular flexibility index (Phi) is 6.83. The van der Waals surface area contributed by atoms with Crippen LogP contribution < -0.4 is 9.64 Å². The van der Waals surface area contributed by atoms with Gasteiger partial charge in [-0.15, -0.1) is 11.3 Å². The Bertz CT molecular complexity index is 1150. The van der Waals surface area contributed by atoms with Crippen LogP contribution in [0.2, 0.25) is 5.02 Å². The van der Waals surface area contributed by atoms with Crippen LogP contribution in [0.5, 0.6) is 5.75 Å². The van der Waals surface area contributed by atoms with Crippen molar-refractivity contribution in [1.82, 2.24) is 4.98 Å². The van der Waals surface area contributed by atoms with E-state index >= 15 is 0 Å². The number of nitro groups is 1. The van der Waals surface area contributed by atoms with Crippen molar-refractivity contribution in [2.45, 2.75) is 13.5 Å². The molecule has 3 aromatic rings. The highest BCUT2D eigenvalue weighted by molar-refractivity contribution is 7.14. The quantitative estimate of drug-likeness (QED) is 0.283. The smallest absolute Gasteiger partial charge is 0.340 e. The third kappa shape index (κ3) is 4.98. The van der Waals surface area contributed by atoms with E-state index in [2.05, 4.69) is 4.98 Å². The molecule has 0 radical (unpaired) electrons. The van der Waals surface area contributed by atoms with Crippen LogP contribution in [0.1, 0.15) is 23.0 Å². The summed E-state index contributed by atoms with van der Waals surface area (Å²) in [6.45, 7) is 1.20. The lowest BCUT2D eigenvalue weighted by molar-refractivity contribution is -0.384. The van der Waals surface area contributed by atoms with Crippen LogP contribution in [0, 0.1) is 10.1 Å². The maximum Gasteiger partial charge on any atom is 0.340 e. The van der Waals surface area contributed by atoms with Gasteiger partial charge in [0, 0.05) is 24.4 Å². The number of anilines is 2. The minimum atomic E-state index is -0.823. The highest BCUT2D eigenvalue weighted by Crippen LogP contribution is 2.35. The molecule has 0 saturated heterocycles. The van der Waals surface area contributed by atoms with Crippen LogP contribution in [-0.2, 0) is 16.1 Å². The molecule has 0 spiro atoms. The molecule has 0 atom stereocenters. The number of amides is 1. The van der Waals surface area contributed by atoms with Gasteiger partial charge in [0.25, 0.3) is 5.69 Å². The first-order valence-electron chi connectivity index (χ1n) is 8.81. The van der Waals surface area contributed by atoms with E-state index in [1.54, 1.807) is 29.6 Å². The SMILES string of the molecule is COc1ccccc1N(C(C)=O)c1nc(COC(=O)c2cc([N+](=O)[O-])ccc2Cl)cs1. The van der Waals surface area contributed by atoms with Gasteiger partial charge in [-0.2, -0.15) is 0 Å². The zero-order valence-corrected chi connectivity index (χ0v) is 18.0. The van der Waals surface area contributed by atoms with Crippen molar-refractivity contribution in [3.63, 3.8) is 0 Å². The summed E-state index contributed by atoms with van der Waals surface area (Å²) in [5, 5.41) is 13.0. The van der Waals surface area contributed by atoms with Crippen molar-refractivity contribution in [3.8, 4) is 5.75 Å². The lowest BCUT2D eigenvalue weighted by atomic mass is 10.2. The van der Waals surface area contributed by atoms with Crippen molar-refractivity contribution in [2.24, 2.45) is 0 Å². The molecule has 1 amide bonds. The number of para-hydroxylation sites is 2. The number of non-ortho nitro benzene ring substituents is 1. The van der Waals surface area contributed by atoms with Gasteiger partial charge in [-0.05, 0) is 18.2 Å². The number of thiazole rings is 1. The number of aromatic nitrogens is 1. The highest BCUT2D eigenvalue weighted by atomic mass is 35.5. The Morgan fingerprint density at radius 2 is 2.00 bits per heavy atom. The molecule has 0 aliphatic carbocycles. The maximum absolute atomic E-state index is 12.3. The van der Waals surface area contributed by atoms with E-state index in [1.165, 1.54) is 42.4 Å². The molecule has 1 aromatic heterocycles. The number of rotatable bonds is 7. The fourth-order valence-electron chi connectivity index (χ4n) is 2.69. The lowest BCUT2D eigenvalue weighted by Gasteiger charge is -2.20. The molecular weight excluding hydrogens is 446 g/mol. The van der Waals surface area contributed by atoms with Gasteiger partial charge in [0.15, 0.2) is 5.13 Å². The zero-order chi connectivity index (χ0) is 22.5. The van der Waals surface area contributed by atoms with E-state index < -0.39 is 10.9 Å². The number of nitrogens with zero attached hydrogens (tertiary/aromatic N) is 3. The lowest BCUT2D eigenvalue weighted by Crippen LogP contribution is -2.23. The Morgan fingerprint density at radius 1 is 1.26 bits per heavy atom. The van der Waals surface area contributed by atoms with E-state index in [-0.39, 0.29) is 28.8 Å². The molecule has 11 heteroatoms. The molecule has 160 valence electrons. The number of carbonyl (C=O) groups excluding carboxylic acids is 2. The summed E-state index contributed by atoms with van der Waals surface area (Å²) < 4.78 is 10.5. The number of hydrogen-bond acceptors (Lipinski definition) is 8. The van der Waals surface area contributed by atoms with E-state index in [4.69, 9.17) is 21.1 Å². The molecule has 0 saturated carbocycles.